The van der Waals surface area contributed by atoms with E-state index in [0.29, 0.717) is 11.8 Å². The molecule has 2 heterocycles. The molecule has 0 N–H and O–H groups in total. The molecule has 3 rings (SSSR count). The number of rotatable bonds is 4. The highest BCUT2D eigenvalue weighted by atomic mass is 16.5. The fourth-order valence-electron chi connectivity index (χ4n) is 2.69. The highest BCUT2D eigenvalue weighted by Crippen LogP contribution is 2.18. The maximum absolute atomic E-state index is 12.3. The van der Waals surface area contributed by atoms with Crippen LogP contribution in [0.2, 0.25) is 0 Å². The predicted octanol–water partition coefficient (Wildman–Crippen LogP) is 1.44. The molecule has 1 aromatic carbocycles. The molecular formula is C15H19N5O2. The molecular weight excluding hydrogens is 282 g/mol. The highest BCUT2D eigenvalue weighted by Gasteiger charge is 2.23. The Kier molecular flexibility index (Phi) is 4.32. The van der Waals surface area contributed by atoms with E-state index in [9.17, 15) is 4.79 Å². The molecule has 0 unspecified atom stereocenters. The van der Waals surface area contributed by atoms with Gasteiger partial charge in [-0.25, -0.2) is 4.68 Å². The van der Waals surface area contributed by atoms with E-state index >= 15 is 0 Å². The average molecular weight is 301 g/mol. The zero-order valence-corrected chi connectivity index (χ0v) is 12.6. The smallest absolute Gasteiger partial charge is 0.260 e. The first-order chi connectivity index (χ1) is 10.7. The molecule has 1 aliphatic rings. The molecule has 0 bridgehead atoms. The highest BCUT2D eigenvalue weighted by molar-refractivity contribution is 5.78. The van der Waals surface area contributed by atoms with Gasteiger partial charge in [0, 0.05) is 18.7 Å². The molecule has 0 radical (unpaired) electrons. The number of likely N-dealkylation sites (tertiary alicyclic amines) is 1. The van der Waals surface area contributed by atoms with Crippen LogP contribution in [0.15, 0.2) is 30.6 Å². The predicted molar refractivity (Wildman–Crippen MR) is 79.7 cm³/mol. The summed E-state index contributed by atoms with van der Waals surface area (Å²) in [6.07, 6.45) is 4.85. The summed E-state index contributed by atoms with van der Waals surface area (Å²) in [5, 5.41) is 11.0. The van der Waals surface area contributed by atoms with Crippen LogP contribution in [0.5, 0.6) is 5.75 Å². The van der Waals surface area contributed by atoms with Gasteiger partial charge in [0.05, 0.1) is 5.69 Å². The van der Waals surface area contributed by atoms with Crippen LogP contribution >= 0.6 is 0 Å². The van der Waals surface area contributed by atoms with Gasteiger partial charge in [0.1, 0.15) is 12.1 Å². The number of piperidine rings is 1. The lowest BCUT2D eigenvalue weighted by Crippen LogP contribution is -2.44. The van der Waals surface area contributed by atoms with Crippen LogP contribution in [0.1, 0.15) is 26.2 Å². The first kappa shape index (κ1) is 14.5. The lowest BCUT2D eigenvalue weighted by Gasteiger charge is -2.33. The third-order valence-corrected chi connectivity index (χ3v) is 3.92. The summed E-state index contributed by atoms with van der Waals surface area (Å²) in [5.41, 5.74) is 0.793. The second-order valence-corrected chi connectivity index (χ2v) is 5.47. The van der Waals surface area contributed by atoms with Gasteiger partial charge in [-0.05, 0) is 48.7 Å². The number of carbonyl (C=O) groups is 1. The number of aromatic nitrogens is 4. The molecule has 1 aliphatic heterocycles. The second kappa shape index (κ2) is 6.55. The van der Waals surface area contributed by atoms with E-state index in [2.05, 4.69) is 22.4 Å². The first-order valence-electron chi connectivity index (χ1n) is 7.50. The van der Waals surface area contributed by atoms with E-state index in [0.717, 1.165) is 25.1 Å². The minimum Gasteiger partial charge on any atom is -0.484 e. The number of hydrogen-bond acceptors (Lipinski definition) is 5. The summed E-state index contributed by atoms with van der Waals surface area (Å²) < 4.78 is 7.18. The SMILES string of the molecule is C[C@@H]1CCCCN1C(=O)COc1cccc(-n2cnnn2)c1. The Balaban J connectivity index is 1.61. The Morgan fingerprint density at radius 2 is 2.32 bits per heavy atom. The molecule has 116 valence electrons. The number of hydrogen-bond donors (Lipinski definition) is 0. The van der Waals surface area contributed by atoms with Crippen LogP contribution in [-0.2, 0) is 4.79 Å². The molecule has 1 saturated heterocycles. The lowest BCUT2D eigenvalue weighted by atomic mass is 10.0. The van der Waals surface area contributed by atoms with E-state index in [1.54, 1.807) is 4.68 Å². The van der Waals surface area contributed by atoms with Crippen LogP contribution in [0.25, 0.3) is 5.69 Å². The normalized spacial score (nSPS) is 18.2. The Labute approximate surface area is 128 Å². The zero-order valence-electron chi connectivity index (χ0n) is 12.6. The van der Waals surface area contributed by atoms with E-state index < -0.39 is 0 Å². The van der Waals surface area contributed by atoms with Gasteiger partial charge in [0.15, 0.2) is 6.61 Å². The molecule has 2 aromatic rings. The third-order valence-electron chi connectivity index (χ3n) is 3.92. The van der Waals surface area contributed by atoms with Crippen molar-refractivity contribution >= 4 is 5.91 Å². The maximum atomic E-state index is 12.3. The molecule has 0 aliphatic carbocycles. The molecule has 1 atom stereocenters. The van der Waals surface area contributed by atoms with Crippen molar-refractivity contribution in [2.75, 3.05) is 13.2 Å². The van der Waals surface area contributed by atoms with Crippen LogP contribution in [0, 0.1) is 0 Å². The number of ether oxygens (including phenoxy) is 1. The third kappa shape index (κ3) is 3.24. The standard InChI is InChI=1S/C15H19N5O2/c1-12-5-2-3-8-19(12)15(21)10-22-14-7-4-6-13(9-14)20-11-16-17-18-20/h4,6-7,9,11-12H,2-3,5,8,10H2,1H3/t12-/m1/s1. The summed E-state index contributed by atoms with van der Waals surface area (Å²) in [5.74, 6) is 0.672. The molecule has 1 amide bonds. The molecule has 0 spiro atoms. The number of carbonyl (C=O) groups excluding carboxylic acids is 1. The van der Waals surface area contributed by atoms with Gasteiger partial charge >= 0.3 is 0 Å². The summed E-state index contributed by atoms with van der Waals surface area (Å²) in [7, 11) is 0. The number of nitrogens with zero attached hydrogens (tertiary/aromatic N) is 5. The van der Waals surface area contributed by atoms with E-state index in [1.165, 1.54) is 12.7 Å². The van der Waals surface area contributed by atoms with Gasteiger partial charge in [0.25, 0.3) is 5.91 Å². The monoisotopic (exact) mass is 301 g/mol. The van der Waals surface area contributed by atoms with Crippen molar-refractivity contribution in [1.82, 2.24) is 25.1 Å². The molecule has 7 nitrogen and oxygen atoms in total. The van der Waals surface area contributed by atoms with Gasteiger partial charge in [-0.1, -0.05) is 6.07 Å². The van der Waals surface area contributed by atoms with Gasteiger partial charge in [0.2, 0.25) is 0 Å². The average Bonchev–Trinajstić information content (AvgIpc) is 3.08. The molecule has 0 saturated carbocycles. The molecule has 22 heavy (non-hydrogen) atoms. The van der Waals surface area contributed by atoms with Crippen LogP contribution in [0.3, 0.4) is 0 Å². The maximum Gasteiger partial charge on any atom is 0.260 e. The minimum atomic E-state index is 0.0417. The van der Waals surface area contributed by atoms with Gasteiger partial charge in [-0.15, -0.1) is 5.10 Å². The number of tetrazole rings is 1. The van der Waals surface area contributed by atoms with E-state index in [4.69, 9.17) is 4.74 Å². The van der Waals surface area contributed by atoms with Crippen molar-refractivity contribution in [3.8, 4) is 11.4 Å². The van der Waals surface area contributed by atoms with Gasteiger partial charge in [-0.2, -0.15) is 0 Å². The van der Waals surface area contributed by atoms with Crippen molar-refractivity contribution < 1.29 is 9.53 Å². The minimum absolute atomic E-state index is 0.0417. The summed E-state index contributed by atoms with van der Waals surface area (Å²) in [6.45, 7) is 2.98. The van der Waals surface area contributed by atoms with E-state index in [1.807, 2.05) is 29.2 Å². The first-order valence-corrected chi connectivity index (χ1v) is 7.50. The summed E-state index contributed by atoms with van der Waals surface area (Å²) in [6, 6.07) is 7.65. The fourth-order valence-corrected chi connectivity index (χ4v) is 2.69. The van der Waals surface area contributed by atoms with E-state index in [-0.39, 0.29) is 12.5 Å². The zero-order chi connectivity index (χ0) is 15.4. The molecule has 1 fully saturated rings. The fraction of sp³-hybridized carbons (Fsp3) is 0.467. The van der Waals surface area contributed by atoms with Gasteiger partial charge < -0.3 is 9.64 Å². The topological polar surface area (TPSA) is 73.1 Å². The quantitative estimate of drug-likeness (QED) is 0.854. The van der Waals surface area contributed by atoms with Gasteiger partial charge in [-0.3, -0.25) is 4.79 Å². The van der Waals surface area contributed by atoms with Crippen molar-refractivity contribution in [3.05, 3.63) is 30.6 Å². The Morgan fingerprint density at radius 1 is 1.41 bits per heavy atom. The summed E-state index contributed by atoms with van der Waals surface area (Å²) in [4.78, 5) is 14.2. The Hall–Kier alpha value is -2.44. The summed E-state index contributed by atoms with van der Waals surface area (Å²) >= 11 is 0. The van der Waals surface area contributed by atoms with Crippen LogP contribution in [0.4, 0.5) is 0 Å². The molecule has 7 heteroatoms. The van der Waals surface area contributed by atoms with Crippen molar-refractivity contribution in [2.24, 2.45) is 0 Å². The largest absolute Gasteiger partial charge is 0.484 e. The van der Waals surface area contributed by atoms with Crippen molar-refractivity contribution in [2.45, 2.75) is 32.2 Å². The van der Waals surface area contributed by atoms with Crippen molar-refractivity contribution in [3.63, 3.8) is 0 Å². The Morgan fingerprint density at radius 3 is 3.09 bits per heavy atom. The van der Waals surface area contributed by atoms with Crippen molar-refractivity contribution in [1.29, 1.82) is 0 Å². The van der Waals surface area contributed by atoms with Crippen LogP contribution in [-0.4, -0.2) is 50.2 Å². The number of amides is 1. The van der Waals surface area contributed by atoms with Crippen LogP contribution < -0.4 is 4.74 Å². The molecule has 1 aromatic heterocycles. The number of benzene rings is 1. The lowest BCUT2D eigenvalue weighted by molar-refractivity contribution is -0.136. The Bertz CT molecular complexity index is 629. The second-order valence-electron chi connectivity index (χ2n) is 5.47.